The van der Waals surface area contributed by atoms with Gasteiger partial charge in [0.2, 0.25) is 0 Å². The molecule has 0 fully saturated rings. The summed E-state index contributed by atoms with van der Waals surface area (Å²) in [4.78, 5) is 0. The van der Waals surface area contributed by atoms with E-state index in [0.29, 0.717) is 0 Å². The number of rotatable bonds is 6. The summed E-state index contributed by atoms with van der Waals surface area (Å²) in [6, 6.07) is 0. The van der Waals surface area contributed by atoms with Gasteiger partial charge in [-0.2, -0.15) is 0 Å². The van der Waals surface area contributed by atoms with Crippen LogP contribution in [0.15, 0.2) is 0 Å². The Bertz CT molecular complexity index is 86.6. The van der Waals surface area contributed by atoms with Crippen LogP contribution in [-0.2, 0) is 18.1 Å². The summed E-state index contributed by atoms with van der Waals surface area (Å²) in [5, 5.41) is 0. The van der Waals surface area contributed by atoms with Crippen LogP contribution in [0.2, 0.25) is 0 Å². The normalized spacial score (nSPS) is 11.5. The summed E-state index contributed by atoms with van der Waals surface area (Å²) in [6.07, 6.45) is 0. The van der Waals surface area contributed by atoms with Crippen LogP contribution in [0, 0.1) is 0 Å². The van der Waals surface area contributed by atoms with Crippen LogP contribution in [0.25, 0.3) is 0 Å². The van der Waals surface area contributed by atoms with E-state index in [1.807, 2.05) is 13.3 Å². The molecule has 0 radical (unpaired) electrons. The van der Waals surface area contributed by atoms with Crippen LogP contribution in [-0.4, -0.2) is 34.3 Å². The fourth-order valence-electron chi connectivity index (χ4n) is 0.352. The number of hydrogen-bond acceptors (Lipinski definition) is 4. The standard InChI is InChI=1S/C5H14O4P2/c1-6-11(7-2)9-5-8-10(3)4/h5H2,1-4H3. The summed E-state index contributed by atoms with van der Waals surface area (Å²) < 4.78 is 19.9. The maximum Gasteiger partial charge on any atom is 0.334 e. The van der Waals surface area contributed by atoms with Gasteiger partial charge in [0.25, 0.3) is 0 Å². The lowest BCUT2D eigenvalue weighted by molar-refractivity contribution is 0.103. The van der Waals surface area contributed by atoms with E-state index in [1.54, 1.807) is 0 Å². The monoisotopic (exact) mass is 200 g/mol. The van der Waals surface area contributed by atoms with Crippen LogP contribution in [0.5, 0.6) is 0 Å². The molecule has 0 aromatic carbocycles. The smallest absolute Gasteiger partial charge is 0.333 e. The second kappa shape index (κ2) is 7.35. The molecule has 11 heavy (non-hydrogen) atoms. The lowest BCUT2D eigenvalue weighted by atomic mass is 11.6. The van der Waals surface area contributed by atoms with Gasteiger partial charge in [-0.3, -0.25) is 4.52 Å². The Labute approximate surface area is 70.0 Å². The molecular weight excluding hydrogens is 186 g/mol. The van der Waals surface area contributed by atoms with E-state index in [9.17, 15) is 0 Å². The highest BCUT2D eigenvalue weighted by Gasteiger charge is 2.06. The van der Waals surface area contributed by atoms with Crippen molar-refractivity contribution in [3.63, 3.8) is 0 Å². The van der Waals surface area contributed by atoms with Crippen molar-refractivity contribution in [1.82, 2.24) is 0 Å². The van der Waals surface area contributed by atoms with Gasteiger partial charge < -0.3 is 13.6 Å². The van der Waals surface area contributed by atoms with E-state index < -0.39 is 8.60 Å². The van der Waals surface area contributed by atoms with Crippen LogP contribution in [0.4, 0.5) is 0 Å². The van der Waals surface area contributed by atoms with Crippen molar-refractivity contribution in [3.8, 4) is 0 Å². The maximum absolute atomic E-state index is 5.17. The lowest BCUT2D eigenvalue weighted by Gasteiger charge is -2.12. The molecule has 0 rings (SSSR count). The van der Waals surface area contributed by atoms with E-state index in [-0.39, 0.29) is 14.9 Å². The summed E-state index contributed by atoms with van der Waals surface area (Å²) >= 11 is 0. The highest BCUT2D eigenvalue weighted by molar-refractivity contribution is 7.50. The van der Waals surface area contributed by atoms with Gasteiger partial charge in [0.1, 0.15) is 0 Å². The topological polar surface area (TPSA) is 36.9 Å². The molecule has 0 aliphatic rings. The van der Waals surface area contributed by atoms with Crippen molar-refractivity contribution in [3.05, 3.63) is 0 Å². The molecule has 0 saturated carbocycles. The van der Waals surface area contributed by atoms with E-state index >= 15 is 0 Å². The van der Waals surface area contributed by atoms with E-state index in [0.717, 1.165) is 0 Å². The Morgan fingerprint density at radius 1 is 1.00 bits per heavy atom. The Kier molecular flexibility index (Phi) is 7.82. The Morgan fingerprint density at radius 2 is 1.55 bits per heavy atom. The first-order valence-corrected chi connectivity index (χ1v) is 6.27. The van der Waals surface area contributed by atoms with E-state index in [4.69, 9.17) is 18.1 Å². The van der Waals surface area contributed by atoms with Crippen LogP contribution >= 0.6 is 16.8 Å². The van der Waals surface area contributed by atoms with Gasteiger partial charge in [-0.25, -0.2) is 0 Å². The highest BCUT2D eigenvalue weighted by Crippen LogP contribution is 2.38. The van der Waals surface area contributed by atoms with Gasteiger partial charge in [-0.05, 0) is 13.3 Å². The fraction of sp³-hybridized carbons (Fsp3) is 1.00. The second-order valence-corrected chi connectivity index (χ2v) is 5.10. The molecule has 0 heterocycles. The zero-order valence-electron chi connectivity index (χ0n) is 7.23. The third-order valence-corrected chi connectivity index (χ3v) is 2.30. The van der Waals surface area contributed by atoms with Crippen molar-refractivity contribution in [1.29, 1.82) is 0 Å². The molecule has 0 saturated heterocycles. The molecule has 0 unspecified atom stereocenters. The molecule has 0 aromatic rings. The molecule has 68 valence electrons. The van der Waals surface area contributed by atoms with Crippen molar-refractivity contribution in [2.24, 2.45) is 0 Å². The average molecular weight is 200 g/mol. The minimum atomic E-state index is -1.20. The molecule has 0 N–H and O–H groups in total. The van der Waals surface area contributed by atoms with Gasteiger partial charge in [-0.15, -0.1) is 0 Å². The first-order chi connectivity index (χ1) is 5.20. The third-order valence-electron chi connectivity index (χ3n) is 0.767. The first-order valence-electron chi connectivity index (χ1n) is 3.02. The van der Waals surface area contributed by atoms with Crippen molar-refractivity contribution in [2.45, 2.75) is 0 Å². The maximum atomic E-state index is 5.17. The summed E-state index contributed by atoms with van der Waals surface area (Å²) in [7, 11) is 1.51. The number of hydrogen-bond donors (Lipinski definition) is 0. The minimum absolute atomic E-state index is 0.242. The largest absolute Gasteiger partial charge is 0.334 e. The first kappa shape index (κ1) is 11.7. The summed E-state index contributed by atoms with van der Waals surface area (Å²) in [5.74, 6) is 0. The van der Waals surface area contributed by atoms with Gasteiger partial charge in [-0.1, -0.05) is 0 Å². The van der Waals surface area contributed by atoms with Crippen molar-refractivity contribution >= 4 is 16.8 Å². The molecule has 0 aromatic heterocycles. The van der Waals surface area contributed by atoms with Gasteiger partial charge in [0.05, 0.1) is 0 Å². The molecule has 4 nitrogen and oxygen atoms in total. The molecule has 0 aliphatic carbocycles. The van der Waals surface area contributed by atoms with Gasteiger partial charge in [0.15, 0.2) is 6.79 Å². The van der Waals surface area contributed by atoms with Crippen LogP contribution in [0.3, 0.4) is 0 Å². The zero-order chi connectivity index (χ0) is 8.69. The predicted molar refractivity (Wildman–Crippen MR) is 46.7 cm³/mol. The zero-order valence-corrected chi connectivity index (χ0v) is 9.02. The molecule has 0 atom stereocenters. The van der Waals surface area contributed by atoms with E-state index in [2.05, 4.69) is 0 Å². The Balaban J connectivity index is 3.21. The van der Waals surface area contributed by atoms with E-state index in [1.165, 1.54) is 14.2 Å². The van der Waals surface area contributed by atoms with Crippen LogP contribution in [0.1, 0.15) is 0 Å². The average Bonchev–Trinajstić information content (AvgIpc) is 1.98. The minimum Gasteiger partial charge on any atom is -0.333 e. The second-order valence-electron chi connectivity index (χ2n) is 1.78. The Hall–Kier alpha value is 0.700. The fourth-order valence-corrected chi connectivity index (χ4v) is 1.20. The molecule has 0 aliphatic heterocycles. The molecule has 0 amide bonds. The van der Waals surface area contributed by atoms with Crippen molar-refractivity contribution < 1.29 is 18.1 Å². The van der Waals surface area contributed by atoms with Gasteiger partial charge in [0, 0.05) is 22.4 Å². The summed E-state index contributed by atoms with van der Waals surface area (Å²) in [5.41, 5.74) is 0. The van der Waals surface area contributed by atoms with Crippen LogP contribution < -0.4 is 0 Å². The summed E-state index contributed by atoms with van der Waals surface area (Å²) in [6.45, 7) is 4.24. The molecule has 0 spiro atoms. The van der Waals surface area contributed by atoms with Gasteiger partial charge >= 0.3 is 8.60 Å². The molecular formula is C5H14O4P2. The highest BCUT2D eigenvalue weighted by atomic mass is 31.2. The SMILES string of the molecule is COP(OC)OCOP(C)C. The predicted octanol–water partition coefficient (Wildman–Crippen LogP) is 2.15. The molecule has 0 bridgehead atoms. The molecule has 6 heteroatoms. The lowest BCUT2D eigenvalue weighted by Crippen LogP contribution is -1.93. The quantitative estimate of drug-likeness (QED) is 0.486. The van der Waals surface area contributed by atoms with Crippen molar-refractivity contribution in [2.75, 3.05) is 34.3 Å². The third kappa shape index (κ3) is 7.07. The Morgan fingerprint density at radius 3 is 1.91 bits per heavy atom.